The Bertz CT molecular complexity index is 876. The van der Waals surface area contributed by atoms with E-state index in [2.05, 4.69) is 16.7 Å². The van der Waals surface area contributed by atoms with E-state index in [1.807, 2.05) is 32.0 Å². The quantitative estimate of drug-likeness (QED) is 0.520. The van der Waals surface area contributed by atoms with Crippen LogP contribution in [0.25, 0.3) is 0 Å². The monoisotopic (exact) mass is 441 g/mol. The summed E-state index contributed by atoms with van der Waals surface area (Å²) < 4.78 is 5.17. The summed E-state index contributed by atoms with van der Waals surface area (Å²) in [4.78, 5) is 39.3. The Kier molecular flexibility index (Phi) is 8.71. The maximum absolute atomic E-state index is 13.3. The van der Waals surface area contributed by atoms with E-state index in [1.165, 1.54) is 0 Å². The molecule has 7 heteroatoms. The highest BCUT2D eigenvalue weighted by Gasteiger charge is 2.32. The second-order valence-electron chi connectivity index (χ2n) is 9.34. The van der Waals surface area contributed by atoms with Crippen LogP contribution in [0.3, 0.4) is 0 Å². The molecule has 1 unspecified atom stereocenters. The van der Waals surface area contributed by atoms with Gasteiger partial charge in [-0.15, -0.1) is 0 Å². The Labute approximate surface area is 191 Å². The molecule has 0 saturated heterocycles. The van der Waals surface area contributed by atoms with E-state index < -0.39 is 23.6 Å². The second kappa shape index (κ2) is 11.0. The Hall–Kier alpha value is -3.01. The van der Waals surface area contributed by atoms with Crippen LogP contribution in [0, 0.1) is 26.3 Å². The second-order valence-corrected chi connectivity index (χ2v) is 9.34. The first-order valence-electron chi connectivity index (χ1n) is 11.1. The van der Waals surface area contributed by atoms with Crippen molar-refractivity contribution in [2.45, 2.75) is 84.4 Å². The summed E-state index contributed by atoms with van der Waals surface area (Å²) in [6.45, 7) is 8.73. The molecule has 174 valence electrons. The third kappa shape index (κ3) is 7.30. The molecule has 1 fully saturated rings. The fourth-order valence-electron chi connectivity index (χ4n) is 3.72. The van der Waals surface area contributed by atoms with Crippen LogP contribution in [0.5, 0.6) is 0 Å². The maximum atomic E-state index is 13.3. The molecule has 0 aromatic heterocycles. The molecular weight excluding hydrogens is 406 g/mol. The number of carbonyl (C=O) groups excluding carboxylic acids is 3. The lowest BCUT2D eigenvalue weighted by Crippen LogP contribution is -2.48. The lowest BCUT2D eigenvalue weighted by atomic mass is 9.94. The van der Waals surface area contributed by atoms with Crippen LogP contribution in [-0.4, -0.2) is 41.0 Å². The Balaban J connectivity index is 2.23. The number of amides is 3. The number of nitrogens with one attached hydrogen (secondary N) is 2. The zero-order chi connectivity index (χ0) is 23.9. The van der Waals surface area contributed by atoms with Crippen molar-refractivity contribution in [2.24, 2.45) is 0 Å². The third-order valence-corrected chi connectivity index (χ3v) is 5.50. The van der Waals surface area contributed by atoms with Gasteiger partial charge in [0, 0.05) is 12.1 Å². The Morgan fingerprint density at radius 3 is 2.38 bits per heavy atom. The van der Waals surface area contributed by atoms with Gasteiger partial charge in [0.1, 0.15) is 18.2 Å². The molecule has 7 nitrogen and oxygen atoms in total. The molecule has 2 N–H and O–H groups in total. The summed E-state index contributed by atoms with van der Waals surface area (Å²) in [5.41, 5.74) is 2.01. The zero-order valence-electron chi connectivity index (χ0n) is 19.8. The standard InChI is InChI=1S/C25H35N3O4/c1-7-28(21(29)16-26-24(31)32-25(4,5)6)22(19-14-13-17(2)18(3)15-19)23(30)27-20-11-9-8-10-12-20/h1,13-15,20,22H,8-12,16H2,2-6H3,(H,26,31)(H,27,30). The van der Waals surface area contributed by atoms with Crippen LogP contribution in [0.1, 0.15) is 75.6 Å². The van der Waals surface area contributed by atoms with Gasteiger partial charge in [-0.25, -0.2) is 4.79 Å². The maximum Gasteiger partial charge on any atom is 0.408 e. The molecule has 1 aliphatic rings. The molecule has 1 aromatic rings. The van der Waals surface area contributed by atoms with Crippen molar-refractivity contribution in [3.05, 3.63) is 34.9 Å². The van der Waals surface area contributed by atoms with Gasteiger partial charge >= 0.3 is 6.09 Å². The SMILES string of the molecule is C#CN(C(=O)CNC(=O)OC(C)(C)C)C(C(=O)NC1CCCCC1)c1ccc(C)c(C)c1. The molecular formula is C25H35N3O4. The van der Waals surface area contributed by atoms with Crippen LogP contribution in [0.15, 0.2) is 18.2 Å². The number of hydrogen-bond acceptors (Lipinski definition) is 4. The normalized spacial score (nSPS) is 15.2. The van der Waals surface area contributed by atoms with Crippen molar-refractivity contribution in [3.8, 4) is 12.5 Å². The molecule has 0 heterocycles. The molecule has 0 spiro atoms. The number of alkyl carbamates (subject to hydrolysis) is 1. The summed E-state index contributed by atoms with van der Waals surface area (Å²) in [5.74, 6) is -0.885. The topological polar surface area (TPSA) is 87.7 Å². The van der Waals surface area contributed by atoms with Gasteiger partial charge in [0.15, 0.2) is 0 Å². The van der Waals surface area contributed by atoms with Crippen molar-refractivity contribution in [2.75, 3.05) is 6.54 Å². The number of terminal acetylenes is 1. The van der Waals surface area contributed by atoms with E-state index in [4.69, 9.17) is 11.2 Å². The predicted molar refractivity (Wildman–Crippen MR) is 124 cm³/mol. The highest BCUT2D eigenvalue weighted by molar-refractivity contribution is 5.91. The minimum Gasteiger partial charge on any atom is -0.444 e. The Morgan fingerprint density at radius 1 is 1.16 bits per heavy atom. The number of ether oxygens (including phenoxy) is 1. The van der Waals surface area contributed by atoms with E-state index in [9.17, 15) is 14.4 Å². The third-order valence-electron chi connectivity index (χ3n) is 5.50. The Morgan fingerprint density at radius 2 is 1.81 bits per heavy atom. The molecule has 0 bridgehead atoms. The first kappa shape index (κ1) is 25.3. The summed E-state index contributed by atoms with van der Waals surface area (Å²) in [6.07, 6.45) is 10.1. The van der Waals surface area contributed by atoms with Crippen molar-refractivity contribution in [1.82, 2.24) is 15.5 Å². The molecule has 0 aliphatic heterocycles. The highest BCUT2D eigenvalue weighted by Crippen LogP contribution is 2.25. The predicted octanol–water partition coefficient (Wildman–Crippen LogP) is 3.74. The average molecular weight is 442 g/mol. The molecule has 32 heavy (non-hydrogen) atoms. The van der Waals surface area contributed by atoms with Crippen molar-refractivity contribution < 1.29 is 19.1 Å². The minimum atomic E-state index is -0.992. The number of benzene rings is 1. The number of nitrogens with zero attached hydrogens (tertiary/aromatic N) is 1. The van der Waals surface area contributed by atoms with Gasteiger partial charge < -0.3 is 15.4 Å². The molecule has 2 rings (SSSR count). The number of aryl methyl sites for hydroxylation is 2. The largest absolute Gasteiger partial charge is 0.444 e. The van der Waals surface area contributed by atoms with E-state index in [0.29, 0.717) is 5.56 Å². The molecule has 1 aromatic carbocycles. The van der Waals surface area contributed by atoms with Crippen molar-refractivity contribution in [3.63, 3.8) is 0 Å². The van der Waals surface area contributed by atoms with Gasteiger partial charge in [0.2, 0.25) is 5.91 Å². The van der Waals surface area contributed by atoms with Crippen LogP contribution in [-0.2, 0) is 14.3 Å². The van der Waals surface area contributed by atoms with Gasteiger partial charge in [0.25, 0.3) is 5.91 Å². The summed E-state index contributed by atoms with van der Waals surface area (Å²) >= 11 is 0. The van der Waals surface area contributed by atoms with Gasteiger partial charge in [-0.05, 0) is 64.2 Å². The van der Waals surface area contributed by atoms with Gasteiger partial charge in [-0.2, -0.15) is 0 Å². The van der Waals surface area contributed by atoms with Crippen LogP contribution < -0.4 is 10.6 Å². The van der Waals surface area contributed by atoms with E-state index in [1.54, 1.807) is 20.8 Å². The van der Waals surface area contributed by atoms with E-state index in [-0.39, 0.29) is 18.5 Å². The molecule has 1 atom stereocenters. The summed E-state index contributed by atoms with van der Waals surface area (Å²) in [5, 5.41) is 5.50. The van der Waals surface area contributed by atoms with Gasteiger partial charge in [-0.3, -0.25) is 14.5 Å². The molecule has 0 radical (unpaired) electrons. The van der Waals surface area contributed by atoms with Gasteiger partial charge in [-0.1, -0.05) is 43.9 Å². The van der Waals surface area contributed by atoms with E-state index >= 15 is 0 Å². The smallest absolute Gasteiger partial charge is 0.408 e. The lowest BCUT2D eigenvalue weighted by molar-refractivity contribution is -0.137. The van der Waals surface area contributed by atoms with Gasteiger partial charge in [0.05, 0.1) is 0 Å². The number of carbonyl (C=O) groups is 3. The fraction of sp³-hybridized carbons (Fsp3) is 0.560. The van der Waals surface area contributed by atoms with E-state index in [0.717, 1.165) is 48.1 Å². The molecule has 1 saturated carbocycles. The molecule has 3 amide bonds. The van der Waals surface area contributed by atoms with Crippen molar-refractivity contribution >= 4 is 17.9 Å². The summed E-state index contributed by atoms with van der Waals surface area (Å²) in [6, 6.07) is 7.03. The van der Waals surface area contributed by atoms with Crippen LogP contribution in [0.2, 0.25) is 0 Å². The number of hydrogen-bond donors (Lipinski definition) is 2. The average Bonchev–Trinajstić information content (AvgIpc) is 2.71. The first-order chi connectivity index (χ1) is 15.0. The number of rotatable bonds is 6. The minimum absolute atomic E-state index is 0.0694. The summed E-state index contributed by atoms with van der Waals surface area (Å²) in [7, 11) is 0. The lowest BCUT2D eigenvalue weighted by Gasteiger charge is -2.30. The zero-order valence-corrected chi connectivity index (χ0v) is 19.8. The van der Waals surface area contributed by atoms with Crippen molar-refractivity contribution in [1.29, 1.82) is 0 Å². The highest BCUT2D eigenvalue weighted by atomic mass is 16.6. The fourth-order valence-corrected chi connectivity index (χ4v) is 3.72. The van der Waals surface area contributed by atoms with Crippen LogP contribution >= 0.6 is 0 Å². The first-order valence-corrected chi connectivity index (χ1v) is 11.1. The van der Waals surface area contributed by atoms with Crippen LogP contribution in [0.4, 0.5) is 4.79 Å². The molecule has 1 aliphatic carbocycles.